The normalized spacial score (nSPS) is 23.8. The second-order valence-electron chi connectivity index (χ2n) is 14.0. The second-order valence-corrected chi connectivity index (χ2v) is 15.1. The molecule has 0 aliphatic carbocycles. The molecule has 3 saturated heterocycles. The number of hydrogen-bond donors (Lipinski definition) is 1. The predicted octanol–water partition coefficient (Wildman–Crippen LogP) is 3.73. The standard InChI is InChI=1S/C32H55N5O4S/c1-21(2)26(19-23(5)29(39)37-16-12-14-25(37)30(40)35-17-18-42-20-35)34(9)31(41)27(32(6,7)8)33-28(38)24-13-10-11-15-36(24)22(3)4/h19,21-22,24-27H,10-18,20H2,1-9H3,(H,33,38)/t24?,25-,26+,27+/m0/s1. The van der Waals surface area contributed by atoms with Gasteiger partial charge in [0.05, 0.1) is 18.0 Å². The van der Waals surface area contributed by atoms with E-state index in [0.29, 0.717) is 24.4 Å². The fourth-order valence-electron chi connectivity index (χ4n) is 6.46. The molecule has 0 bridgehead atoms. The maximum absolute atomic E-state index is 14.1. The van der Waals surface area contributed by atoms with Gasteiger partial charge in [-0.3, -0.25) is 24.1 Å². The van der Waals surface area contributed by atoms with Gasteiger partial charge in [-0.25, -0.2) is 0 Å². The molecule has 0 radical (unpaired) electrons. The SMILES string of the molecule is CC(=C[C@H](C(C)C)N(C)C(=O)[C@@H](NC(=O)C1CCCCN1C(C)C)C(C)(C)C)C(=O)N1CCC[C@H]1C(=O)N1CCSC1. The zero-order valence-corrected chi connectivity index (χ0v) is 28.3. The Kier molecular flexibility index (Phi) is 12.0. The van der Waals surface area contributed by atoms with E-state index in [0.717, 1.165) is 44.5 Å². The minimum absolute atomic E-state index is 0.0328. The molecule has 9 nitrogen and oxygen atoms in total. The first kappa shape index (κ1) is 34.4. The first-order chi connectivity index (χ1) is 19.6. The highest BCUT2D eigenvalue weighted by Gasteiger charge is 2.41. The van der Waals surface area contributed by atoms with Gasteiger partial charge in [0.1, 0.15) is 12.1 Å². The second kappa shape index (κ2) is 14.6. The summed E-state index contributed by atoms with van der Waals surface area (Å²) in [6.45, 7) is 18.2. The van der Waals surface area contributed by atoms with Crippen molar-refractivity contribution in [1.29, 1.82) is 0 Å². The van der Waals surface area contributed by atoms with E-state index in [2.05, 4.69) is 24.1 Å². The minimum atomic E-state index is -0.712. The first-order valence-electron chi connectivity index (χ1n) is 15.8. The molecule has 0 spiro atoms. The number of nitrogens with zero attached hydrogens (tertiary/aromatic N) is 4. The lowest BCUT2D eigenvalue weighted by atomic mass is 9.84. The summed E-state index contributed by atoms with van der Waals surface area (Å²) in [4.78, 5) is 62.0. The Hall–Kier alpha value is -2.07. The van der Waals surface area contributed by atoms with Gasteiger partial charge in [0.25, 0.3) is 0 Å². The smallest absolute Gasteiger partial charge is 0.249 e. The maximum atomic E-state index is 14.1. The Labute approximate surface area is 258 Å². The topological polar surface area (TPSA) is 93.3 Å². The monoisotopic (exact) mass is 605 g/mol. The van der Waals surface area contributed by atoms with E-state index >= 15 is 0 Å². The molecule has 3 aliphatic rings. The predicted molar refractivity (Wildman–Crippen MR) is 170 cm³/mol. The van der Waals surface area contributed by atoms with Crippen LogP contribution in [0.1, 0.15) is 87.5 Å². The number of carbonyl (C=O) groups excluding carboxylic acids is 4. The van der Waals surface area contributed by atoms with E-state index in [4.69, 9.17) is 0 Å². The Morgan fingerprint density at radius 2 is 1.62 bits per heavy atom. The van der Waals surface area contributed by atoms with Crippen molar-refractivity contribution in [2.75, 3.05) is 38.3 Å². The van der Waals surface area contributed by atoms with Crippen LogP contribution in [0.15, 0.2) is 11.6 Å². The summed E-state index contributed by atoms with van der Waals surface area (Å²) in [5.74, 6) is 1.31. The molecule has 3 rings (SSSR count). The van der Waals surface area contributed by atoms with Crippen LogP contribution in [0.25, 0.3) is 0 Å². The van der Waals surface area contributed by atoms with Crippen LogP contribution in [-0.2, 0) is 19.2 Å². The highest BCUT2D eigenvalue weighted by atomic mass is 32.2. The quantitative estimate of drug-likeness (QED) is 0.403. The van der Waals surface area contributed by atoms with Gasteiger partial charge >= 0.3 is 0 Å². The Morgan fingerprint density at radius 3 is 2.19 bits per heavy atom. The molecule has 42 heavy (non-hydrogen) atoms. The number of hydrogen-bond acceptors (Lipinski definition) is 6. The number of likely N-dealkylation sites (N-methyl/N-ethyl adjacent to an activating group) is 1. The number of nitrogens with one attached hydrogen (secondary N) is 1. The molecule has 0 aromatic carbocycles. The van der Waals surface area contributed by atoms with E-state index in [1.54, 1.807) is 35.5 Å². The molecule has 3 aliphatic heterocycles. The van der Waals surface area contributed by atoms with Crippen molar-refractivity contribution >= 4 is 35.4 Å². The summed E-state index contributed by atoms with van der Waals surface area (Å²) >= 11 is 1.74. The summed E-state index contributed by atoms with van der Waals surface area (Å²) in [6.07, 6.45) is 6.25. The molecule has 10 heteroatoms. The first-order valence-corrected chi connectivity index (χ1v) is 17.0. The zero-order chi connectivity index (χ0) is 31.4. The van der Waals surface area contributed by atoms with Crippen LogP contribution in [0.2, 0.25) is 0 Å². The number of amides is 4. The Balaban J connectivity index is 1.78. The molecule has 1 N–H and O–H groups in total. The van der Waals surface area contributed by atoms with Crippen LogP contribution in [0.4, 0.5) is 0 Å². The third-order valence-electron chi connectivity index (χ3n) is 9.01. The molecular weight excluding hydrogens is 550 g/mol. The fraction of sp³-hybridized carbons (Fsp3) is 0.812. The van der Waals surface area contributed by atoms with Gasteiger partial charge in [-0.1, -0.05) is 47.1 Å². The fourth-order valence-corrected chi connectivity index (χ4v) is 7.42. The van der Waals surface area contributed by atoms with Crippen molar-refractivity contribution < 1.29 is 19.2 Å². The van der Waals surface area contributed by atoms with Crippen LogP contribution in [-0.4, -0.2) is 112 Å². The molecule has 4 amide bonds. The van der Waals surface area contributed by atoms with E-state index in [1.807, 2.05) is 45.6 Å². The molecule has 0 aromatic heterocycles. The third kappa shape index (κ3) is 8.10. The molecule has 238 valence electrons. The van der Waals surface area contributed by atoms with Crippen LogP contribution >= 0.6 is 11.8 Å². The third-order valence-corrected chi connectivity index (χ3v) is 9.97. The lowest BCUT2D eigenvalue weighted by Gasteiger charge is -2.41. The van der Waals surface area contributed by atoms with Crippen molar-refractivity contribution in [1.82, 2.24) is 24.9 Å². The molecule has 1 unspecified atom stereocenters. The van der Waals surface area contributed by atoms with Crippen molar-refractivity contribution in [2.24, 2.45) is 11.3 Å². The van der Waals surface area contributed by atoms with E-state index < -0.39 is 17.5 Å². The highest BCUT2D eigenvalue weighted by Crippen LogP contribution is 2.28. The van der Waals surface area contributed by atoms with Gasteiger partial charge in [0.2, 0.25) is 23.6 Å². The molecule has 4 atom stereocenters. The molecule has 3 heterocycles. The largest absolute Gasteiger partial charge is 0.342 e. The number of piperidine rings is 1. The highest BCUT2D eigenvalue weighted by molar-refractivity contribution is 7.99. The van der Waals surface area contributed by atoms with Crippen LogP contribution < -0.4 is 5.32 Å². The van der Waals surface area contributed by atoms with Crippen LogP contribution in [0.3, 0.4) is 0 Å². The van der Waals surface area contributed by atoms with Gasteiger partial charge in [-0.05, 0) is 64.3 Å². The van der Waals surface area contributed by atoms with Gasteiger partial charge in [-0.2, -0.15) is 0 Å². The number of carbonyl (C=O) groups is 4. The number of thioether (sulfide) groups is 1. The van der Waals surface area contributed by atoms with Gasteiger partial charge in [-0.15, -0.1) is 11.8 Å². The molecule has 0 aromatic rings. The Morgan fingerprint density at radius 1 is 0.952 bits per heavy atom. The summed E-state index contributed by atoms with van der Waals surface area (Å²) in [6, 6.07) is -1.46. The zero-order valence-electron chi connectivity index (χ0n) is 27.4. The van der Waals surface area contributed by atoms with Gasteiger partial charge < -0.3 is 20.0 Å². The lowest BCUT2D eigenvalue weighted by molar-refractivity contribution is -0.142. The van der Waals surface area contributed by atoms with E-state index in [1.165, 1.54) is 0 Å². The summed E-state index contributed by atoms with van der Waals surface area (Å²) < 4.78 is 0. The Bertz CT molecular complexity index is 1020. The van der Waals surface area contributed by atoms with Gasteiger partial charge in [0, 0.05) is 37.5 Å². The van der Waals surface area contributed by atoms with Crippen molar-refractivity contribution in [3.63, 3.8) is 0 Å². The van der Waals surface area contributed by atoms with E-state index in [-0.39, 0.29) is 47.7 Å². The van der Waals surface area contributed by atoms with E-state index in [9.17, 15) is 19.2 Å². The van der Waals surface area contributed by atoms with Crippen molar-refractivity contribution in [3.05, 3.63) is 11.6 Å². The molecule has 3 fully saturated rings. The number of likely N-dealkylation sites (tertiary alicyclic amines) is 2. The minimum Gasteiger partial charge on any atom is -0.342 e. The summed E-state index contributed by atoms with van der Waals surface area (Å²) in [5.41, 5.74) is 0.0285. The average Bonchev–Trinajstić information content (AvgIpc) is 3.65. The van der Waals surface area contributed by atoms with Crippen LogP contribution in [0, 0.1) is 11.3 Å². The molecule has 0 saturated carbocycles. The van der Waals surface area contributed by atoms with Gasteiger partial charge in [0.15, 0.2) is 0 Å². The summed E-state index contributed by atoms with van der Waals surface area (Å²) in [5, 5.41) is 3.14. The number of rotatable bonds is 9. The summed E-state index contributed by atoms with van der Waals surface area (Å²) in [7, 11) is 1.76. The lowest BCUT2D eigenvalue weighted by Crippen LogP contribution is -2.60. The molecular formula is C32H55N5O4S. The van der Waals surface area contributed by atoms with Crippen molar-refractivity contribution in [2.45, 2.75) is 118 Å². The average molecular weight is 606 g/mol. The van der Waals surface area contributed by atoms with Crippen LogP contribution in [0.5, 0.6) is 0 Å². The van der Waals surface area contributed by atoms with Crippen molar-refractivity contribution in [3.8, 4) is 0 Å². The maximum Gasteiger partial charge on any atom is 0.249 e.